The summed E-state index contributed by atoms with van der Waals surface area (Å²) in [6.45, 7) is 0.306. The molecule has 2 heterocycles. The number of hydrogen-bond acceptors (Lipinski definition) is 5. The normalized spacial score (nSPS) is 10.9. The van der Waals surface area contributed by atoms with E-state index in [1.807, 2.05) is 24.3 Å². The Hall–Kier alpha value is -3.68. The topological polar surface area (TPSA) is 73.4 Å². The highest BCUT2D eigenvalue weighted by Gasteiger charge is 2.10. The molecule has 4 rings (SSSR count). The predicted octanol–water partition coefficient (Wildman–Crippen LogP) is 2.83. The number of halogens is 1. The Balaban J connectivity index is 1.62. The van der Waals surface area contributed by atoms with Gasteiger partial charge in [-0.2, -0.15) is 4.98 Å². The molecule has 0 fully saturated rings. The Morgan fingerprint density at radius 3 is 2.74 bits per heavy atom. The van der Waals surface area contributed by atoms with E-state index >= 15 is 0 Å². The zero-order chi connectivity index (χ0) is 18.8. The van der Waals surface area contributed by atoms with Crippen LogP contribution in [0, 0.1) is 5.82 Å². The summed E-state index contributed by atoms with van der Waals surface area (Å²) < 4.78 is 20.9. The molecule has 0 unspecified atom stereocenters. The third-order valence-corrected chi connectivity index (χ3v) is 4.04. The number of ether oxygens (including phenoxy) is 1. The zero-order valence-corrected chi connectivity index (χ0v) is 14.5. The van der Waals surface area contributed by atoms with Gasteiger partial charge in [0.05, 0.1) is 13.7 Å². The zero-order valence-electron chi connectivity index (χ0n) is 14.5. The summed E-state index contributed by atoms with van der Waals surface area (Å²) in [6, 6.07) is 15.0. The molecule has 7 nitrogen and oxygen atoms in total. The third kappa shape index (κ3) is 3.50. The molecule has 0 radical (unpaired) electrons. The van der Waals surface area contributed by atoms with Crippen LogP contribution in [-0.4, -0.2) is 26.3 Å². The van der Waals surface area contributed by atoms with Crippen LogP contribution in [0.5, 0.6) is 5.75 Å². The summed E-state index contributed by atoms with van der Waals surface area (Å²) in [6.07, 6.45) is 1.60. The second-order valence-electron chi connectivity index (χ2n) is 5.91. The van der Waals surface area contributed by atoms with Crippen LogP contribution in [0.3, 0.4) is 0 Å². The molecule has 0 bridgehead atoms. The first-order valence-electron chi connectivity index (χ1n) is 8.24. The van der Waals surface area contributed by atoms with Crippen LogP contribution in [0.4, 0.5) is 15.9 Å². The molecule has 0 aliphatic rings. The summed E-state index contributed by atoms with van der Waals surface area (Å²) in [5, 5.41) is 7.35. The van der Waals surface area contributed by atoms with Crippen LogP contribution < -0.4 is 15.7 Å². The molecular weight excluding hydrogens is 349 g/mol. The van der Waals surface area contributed by atoms with E-state index in [1.165, 1.54) is 21.2 Å². The Bertz CT molecular complexity index is 1150. The summed E-state index contributed by atoms with van der Waals surface area (Å²) in [5.74, 6) is 1.18. The van der Waals surface area contributed by atoms with Crippen molar-refractivity contribution in [3.8, 4) is 5.75 Å². The molecule has 0 atom stereocenters. The van der Waals surface area contributed by atoms with Gasteiger partial charge in [-0.05, 0) is 48.0 Å². The number of rotatable bonds is 5. The molecule has 2 aromatic heterocycles. The number of fused-ring (bicyclic) bond motifs is 1. The average molecular weight is 365 g/mol. The Labute approximate surface area is 153 Å². The van der Waals surface area contributed by atoms with Gasteiger partial charge in [-0.15, -0.1) is 5.10 Å². The molecule has 0 saturated carbocycles. The van der Waals surface area contributed by atoms with Crippen molar-refractivity contribution in [1.29, 1.82) is 0 Å². The molecule has 0 aliphatic carbocycles. The predicted molar refractivity (Wildman–Crippen MR) is 99.0 cm³/mol. The maximum atomic E-state index is 13.0. The van der Waals surface area contributed by atoms with E-state index in [0.29, 0.717) is 23.8 Å². The van der Waals surface area contributed by atoms with Gasteiger partial charge in [0.2, 0.25) is 0 Å². The average Bonchev–Trinajstić information content (AvgIpc) is 2.99. The van der Waals surface area contributed by atoms with Gasteiger partial charge in [-0.3, -0.25) is 0 Å². The van der Waals surface area contributed by atoms with Gasteiger partial charge in [0.25, 0.3) is 5.78 Å². The van der Waals surface area contributed by atoms with E-state index in [-0.39, 0.29) is 17.3 Å². The smallest absolute Gasteiger partial charge is 0.351 e. The number of hydrogen-bond donors (Lipinski definition) is 1. The van der Waals surface area contributed by atoms with Crippen molar-refractivity contribution in [3.05, 3.63) is 82.7 Å². The lowest BCUT2D eigenvalue weighted by atomic mass is 10.2. The molecule has 1 N–H and O–H groups in total. The first-order valence-corrected chi connectivity index (χ1v) is 8.24. The maximum Gasteiger partial charge on any atom is 0.351 e. The largest absolute Gasteiger partial charge is 0.497 e. The minimum absolute atomic E-state index is 0.273. The molecule has 4 aromatic rings. The summed E-state index contributed by atoms with van der Waals surface area (Å²) in [7, 11) is 1.59. The van der Waals surface area contributed by atoms with E-state index < -0.39 is 0 Å². The van der Waals surface area contributed by atoms with Crippen molar-refractivity contribution in [2.75, 3.05) is 12.4 Å². The van der Waals surface area contributed by atoms with Crippen molar-refractivity contribution >= 4 is 17.3 Å². The Kier molecular flexibility index (Phi) is 4.29. The van der Waals surface area contributed by atoms with Crippen molar-refractivity contribution in [2.45, 2.75) is 6.54 Å². The van der Waals surface area contributed by atoms with Crippen molar-refractivity contribution in [1.82, 2.24) is 19.2 Å². The molecule has 0 aliphatic heterocycles. The molecule has 0 amide bonds. The highest BCUT2D eigenvalue weighted by Crippen LogP contribution is 2.15. The van der Waals surface area contributed by atoms with Crippen LogP contribution >= 0.6 is 0 Å². The van der Waals surface area contributed by atoms with E-state index in [4.69, 9.17) is 4.74 Å². The standard InChI is InChI=1S/C19H16FN5O2/c1-27-16-4-2-3-13(11-16)12-25-19(26)24-10-9-17(22-18(24)23-25)21-15-7-5-14(20)6-8-15/h2-11H,12H2,1H3,(H,21,22,23). The first kappa shape index (κ1) is 16.8. The number of anilines is 2. The fourth-order valence-corrected chi connectivity index (χ4v) is 2.70. The number of aromatic nitrogens is 4. The molecule has 0 saturated heterocycles. The van der Waals surface area contributed by atoms with Crippen LogP contribution in [-0.2, 0) is 6.54 Å². The quantitative estimate of drug-likeness (QED) is 0.589. The highest BCUT2D eigenvalue weighted by molar-refractivity contribution is 5.57. The van der Waals surface area contributed by atoms with Crippen LogP contribution in [0.1, 0.15) is 5.56 Å². The highest BCUT2D eigenvalue weighted by atomic mass is 19.1. The molecule has 136 valence electrons. The fraction of sp³-hybridized carbons (Fsp3) is 0.105. The number of methoxy groups -OCH3 is 1. The molecule has 27 heavy (non-hydrogen) atoms. The van der Waals surface area contributed by atoms with Crippen molar-refractivity contribution in [3.63, 3.8) is 0 Å². The fourth-order valence-electron chi connectivity index (χ4n) is 2.70. The first-order chi connectivity index (χ1) is 13.1. The SMILES string of the molecule is COc1cccc(Cn2nc3nc(Nc4ccc(F)cc4)ccn3c2=O)c1. The Morgan fingerprint density at radius 1 is 1.15 bits per heavy atom. The lowest BCUT2D eigenvalue weighted by Crippen LogP contribution is -2.21. The van der Waals surface area contributed by atoms with E-state index in [9.17, 15) is 9.18 Å². The Morgan fingerprint density at radius 2 is 1.96 bits per heavy atom. The van der Waals surface area contributed by atoms with E-state index in [2.05, 4.69) is 15.4 Å². The van der Waals surface area contributed by atoms with Gasteiger partial charge in [-0.25, -0.2) is 18.3 Å². The molecule has 0 spiro atoms. The number of nitrogens with zero attached hydrogens (tertiary/aromatic N) is 4. The van der Waals surface area contributed by atoms with Crippen molar-refractivity contribution in [2.24, 2.45) is 0 Å². The summed E-state index contributed by atoms with van der Waals surface area (Å²) in [4.78, 5) is 16.9. The van der Waals surface area contributed by atoms with Gasteiger partial charge >= 0.3 is 5.69 Å². The van der Waals surface area contributed by atoms with Gasteiger partial charge in [0.1, 0.15) is 17.4 Å². The lowest BCUT2D eigenvalue weighted by Gasteiger charge is -2.04. The molecule has 8 heteroatoms. The second-order valence-corrected chi connectivity index (χ2v) is 5.91. The molecular formula is C19H16FN5O2. The third-order valence-electron chi connectivity index (χ3n) is 4.04. The van der Waals surface area contributed by atoms with E-state index in [1.54, 1.807) is 31.5 Å². The van der Waals surface area contributed by atoms with Gasteiger partial charge in [0.15, 0.2) is 0 Å². The maximum absolute atomic E-state index is 13.0. The minimum Gasteiger partial charge on any atom is -0.497 e. The number of nitrogens with one attached hydrogen (secondary N) is 1. The monoisotopic (exact) mass is 365 g/mol. The van der Waals surface area contributed by atoms with Crippen molar-refractivity contribution < 1.29 is 9.13 Å². The molecule has 2 aromatic carbocycles. The second kappa shape index (κ2) is 6.91. The number of benzene rings is 2. The van der Waals surface area contributed by atoms with Gasteiger partial charge < -0.3 is 10.1 Å². The summed E-state index contributed by atoms with van der Waals surface area (Å²) in [5.41, 5.74) is 1.30. The minimum atomic E-state index is -0.313. The van der Waals surface area contributed by atoms with Crippen LogP contribution in [0.25, 0.3) is 5.78 Å². The lowest BCUT2D eigenvalue weighted by molar-refractivity contribution is 0.414. The van der Waals surface area contributed by atoms with Gasteiger partial charge in [-0.1, -0.05) is 12.1 Å². The van der Waals surface area contributed by atoms with Crippen LogP contribution in [0.2, 0.25) is 0 Å². The summed E-state index contributed by atoms with van der Waals surface area (Å²) >= 11 is 0. The van der Waals surface area contributed by atoms with Crippen LogP contribution in [0.15, 0.2) is 65.6 Å². The van der Waals surface area contributed by atoms with E-state index in [0.717, 1.165) is 5.56 Å². The van der Waals surface area contributed by atoms with Gasteiger partial charge in [0, 0.05) is 11.9 Å².